The first-order valence-electron chi connectivity index (χ1n) is 12.3. The van der Waals surface area contributed by atoms with Crippen molar-refractivity contribution in [2.24, 2.45) is 11.8 Å². The number of β-lactam (4-membered cyclic amide) rings is 1. The Labute approximate surface area is 224 Å². The van der Waals surface area contributed by atoms with Gasteiger partial charge in [-0.25, -0.2) is 4.79 Å². The Morgan fingerprint density at radius 3 is 2.11 bits per heavy atom. The molecule has 4 rings (SSSR count). The van der Waals surface area contributed by atoms with Crippen LogP contribution in [0.3, 0.4) is 0 Å². The van der Waals surface area contributed by atoms with Crippen molar-refractivity contribution in [3.05, 3.63) is 71.3 Å². The summed E-state index contributed by atoms with van der Waals surface area (Å²) < 4.78 is 12.3. The number of amides is 1. The first-order valence-corrected chi connectivity index (χ1v) is 16.8. The van der Waals surface area contributed by atoms with E-state index in [1.165, 1.54) is 0 Å². The topological polar surface area (TPSA) is 55.8 Å². The molecule has 0 aliphatic carbocycles. The lowest BCUT2D eigenvalue weighted by molar-refractivity contribution is -0.161. The number of hydrogen-bond acceptors (Lipinski definition) is 6. The summed E-state index contributed by atoms with van der Waals surface area (Å²) in [5.41, 5.74) is 0.366. The van der Waals surface area contributed by atoms with Crippen LogP contribution in [0.2, 0.25) is 18.1 Å². The summed E-state index contributed by atoms with van der Waals surface area (Å²) in [6, 6.07) is 19.3. The standard InChI is InChI=1S/C28H35NO4S2Si/c1-18-23-22(19(2)33-36(6,7)28(3,4)5)26(30)29(23)24(25(18)34-20-14-10-8-11-15-20)27(31)32-35-21-16-12-9-13-17-21/h8-19,22-23H,1-7H3/t18-,19?,22-,23-/m1/s1. The van der Waals surface area contributed by atoms with Crippen molar-refractivity contribution in [1.82, 2.24) is 4.90 Å². The Kier molecular flexibility index (Phi) is 7.81. The van der Waals surface area contributed by atoms with Gasteiger partial charge < -0.3 is 13.5 Å². The first kappa shape index (κ1) is 27.0. The van der Waals surface area contributed by atoms with E-state index in [0.29, 0.717) is 5.70 Å². The molecule has 1 fully saturated rings. The predicted octanol–water partition coefficient (Wildman–Crippen LogP) is 7.13. The Hall–Kier alpha value is -2.00. The summed E-state index contributed by atoms with van der Waals surface area (Å²) in [4.78, 5) is 31.4. The van der Waals surface area contributed by atoms with Crippen molar-refractivity contribution in [2.45, 2.75) is 74.7 Å². The molecule has 2 aliphatic rings. The van der Waals surface area contributed by atoms with Crippen LogP contribution in [0.15, 0.2) is 81.1 Å². The zero-order valence-electron chi connectivity index (χ0n) is 22.0. The SMILES string of the molecule is CC(O[Si](C)(C)C(C)(C)C)[C@H]1C(=O)N2C(C(=O)OSc3ccccc3)=C(Sc3ccccc3)[C@H](C)[C@H]12. The fraction of sp³-hybridized carbons (Fsp3) is 0.429. The van der Waals surface area contributed by atoms with Gasteiger partial charge in [0, 0.05) is 20.6 Å². The van der Waals surface area contributed by atoms with Gasteiger partial charge in [0.25, 0.3) is 0 Å². The predicted molar refractivity (Wildman–Crippen MR) is 149 cm³/mol. The van der Waals surface area contributed by atoms with E-state index in [2.05, 4.69) is 40.8 Å². The van der Waals surface area contributed by atoms with Crippen molar-refractivity contribution >= 4 is 44.0 Å². The molecule has 8 heteroatoms. The van der Waals surface area contributed by atoms with Gasteiger partial charge in [-0.1, -0.05) is 75.9 Å². The summed E-state index contributed by atoms with van der Waals surface area (Å²) in [5, 5.41) is 0.0469. The smallest absolute Gasteiger partial charge is 0.368 e. The lowest BCUT2D eigenvalue weighted by atomic mass is 9.79. The van der Waals surface area contributed by atoms with Gasteiger partial charge in [0.15, 0.2) is 8.32 Å². The number of thioether (sulfide) groups is 1. The Balaban J connectivity index is 1.60. The highest BCUT2D eigenvalue weighted by Crippen LogP contribution is 2.53. The van der Waals surface area contributed by atoms with Crippen molar-refractivity contribution < 1.29 is 18.2 Å². The van der Waals surface area contributed by atoms with Crippen molar-refractivity contribution in [3.63, 3.8) is 0 Å². The minimum absolute atomic E-state index is 0.00681. The summed E-state index contributed by atoms with van der Waals surface area (Å²) in [6.07, 6.45) is -0.223. The van der Waals surface area contributed by atoms with E-state index in [0.717, 1.165) is 26.7 Å². The van der Waals surface area contributed by atoms with Gasteiger partial charge in [-0.3, -0.25) is 4.79 Å². The monoisotopic (exact) mass is 541 g/mol. The molecule has 1 amide bonds. The number of rotatable bonds is 8. The van der Waals surface area contributed by atoms with E-state index in [4.69, 9.17) is 8.61 Å². The van der Waals surface area contributed by atoms with Crippen LogP contribution in [0.25, 0.3) is 0 Å². The van der Waals surface area contributed by atoms with Gasteiger partial charge in [-0.05, 0) is 49.3 Å². The van der Waals surface area contributed by atoms with Gasteiger partial charge >= 0.3 is 5.97 Å². The second kappa shape index (κ2) is 10.4. The van der Waals surface area contributed by atoms with Crippen LogP contribution in [0.1, 0.15) is 34.6 Å². The molecule has 0 N–H and O–H groups in total. The Morgan fingerprint density at radius 1 is 1.00 bits per heavy atom. The lowest BCUT2D eigenvalue weighted by Gasteiger charge is -2.50. The number of carbonyl (C=O) groups excluding carboxylic acids is 2. The fourth-order valence-corrected chi connectivity index (χ4v) is 7.67. The number of nitrogens with zero attached hydrogens (tertiary/aromatic N) is 1. The summed E-state index contributed by atoms with van der Waals surface area (Å²) >= 11 is 2.56. The molecule has 0 radical (unpaired) electrons. The Morgan fingerprint density at radius 2 is 1.56 bits per heavy atom. The van der Waals surface area contributed by atoms with Crippen LogP contribution in [0, 0.1) is 11.8 Å². The van der Waals surface area contributed by atoms with Gasteiger partial charge in [0.1, 0.15) is 5.70 Å². The molecule has 1 saturated heterocycles. The normalized spacial score (nSPS) is 22.8. The third-order valence-corrected chi connectivity index (χ3v) is 14.1. The van der Waals surface area contributed by atoms with E-state index in [9.17, 15) is 9.59 Å². The summed E-state index contributed by atoms with van der Waals surface area (Å²) in [7, 11) is -2.06. The van der Waals surface area contributed by atoms with Gasteiger partial charge in [0.05, 0.1) is 30.1 Å². The van der Waals surface area contributed by atoms with Crippen LogP contribution in [-0.4, -0.2) is 37.2 Å². The van der Waals surface area contributed by atoms with Crippen LogP contribution < -0.4 is 0 Å². The average Bonchev–Trinajstić information content (AvgIpc) is 3.06. The molecule has 0 bridgehead atoms. The highest BCUT2D eigenvalue weighted by Gasteiger charge is 2.61. The van der Waals surface area contributed by atoms with E-state index >= 15 is 0 Å². The maximum absolute atomic E-state index is 13.6. The third-order valence-electron chi connectivity index (χ3n) is 7.50. The highest BCUT2D eigenvalue weighted by atomic mass is 32.2. The van der Waals surface area contributed by atoms with Crippen molar-refractivity contribution in [2.75, 3.05) is 0 Å². The number of benzene rings is 2. The number of carbonyl (C=O) groups is 2. The van der Waals surface area contributed by atoms with Crippen molar-refractivity contribution in [1.29, 1.82) is 0 Å². The van der Waals surface area contributed by atoms with Crippen LogP contribution >= 0.6 is 23.8 Å². The third kappa shape index (κ3) is 5.19. The van der Waals surface area contributed by atoms with E-state index in [-0.39, 0.29) is 34.9 Å². The zero-order chi connectivity index (χ0) is 26.3. The molecule has 192 valence electrons. The molecule has 0 spiro atoms. The average molecular weight is 542 g/mol. The van der Waals surface area contributed by atoms with Gasteiger partial charge in [0.2, 0.25) is 5.91 Å². The van der Waals surface area contributed by atoms with Crippen molar-refractivity contribution in [3.8, 4) is 0 Å². The molecule has 2 aromatic rings. The summed E-state index contributed by atoms with van der Waals surface area (Å²) in [5.74, 6) is -0.833. The van der Waals surface area contributed by atoms with E-state index in [1.54, 1.807) is 16.7 Å². The van der Waals surface area contributed by atoms with Crippen LogP contribution in [0.4, 0.5) is 0 Å². The summed E-state index contributed by atoms with van der Waals surface area (Å²) in [6.45, 7) is 15.1. The quantitative estimate of drug-likeness (QED) is 0.201. The molecule has 36 heavy (non-hydrogen) atoms. The van der Waals surface area contributed by atoms with Crippen LogP contribution in [0.5, 0.6) is 0 Å². The van der Waals surface area contributed by atoms with Gasteiger partial charge in [-0.2, -0.15) is 0 Å². The zero-order valence-corrected chi connectivity index (χ0v) is 24.6. The maximum Gasteiger partial charge on any atom is 0.368 e. The number of hydrogen-bond donors (Lipinski definition) is 0. The molecule has 0 aromatic heterocycles. The van der Waals surface area contributed by atoms with E-state index in [1.807, 2.05) is 67.6 Å². The van der Waals surface area contributed by atoms with Crippen LogP contribution in [-0.2, 0) is 18.2 Å². The van der Waals surface area contributed by atoms with Gasteiger partial charge in [-0.15, -0.1) is 0 Å². The lowest BCUT2D eigenvalue weighted by Crippen LogP contribution is -2.65. The molecular formula is C28H35NO4S2Si. The molecule has 2 aliphatic heterocycles. The minimum Gasteiger partial charge on any atom is -0.413 e. The molecule has 2 aromatic carbocycles. The highest BCUT2D eigenvalue weighted by molar-refractivity contribution is 8.03. The molecule has 0 saturated carbocycles. The van der Waals surface area contributed by atoms with E-state index < -0.39 is 14.3 Å². The number of fused-ring (bicyclic) bond motifs is 1. The first-order chi connectivity index (χ1) is 16.9. The minimum atomic E-state index is -2.06. The molecule has 2 heterocycles. The fourth-order valence-electron chi connectivity index (χ4n) is 4.57. The maximum atomic E-state index is 13.6. The Bertz CT molecular complexity index is 1150. The second-order valence-electron chi connectivity index (χ2n) is 11.0. The molecule has 1 unspecified atom stereocenters. The molecule has 4 atom stereocenters. The molecule has 5 nitrogen and oxygen atoms in total. The second-order valence-corrected chi connectivity index (χ2v) is 17.7. The largest absolute Gasteiger partial charge is 0.413 e. The molecular weight excluding hydrogens is 507 g/mol.